The summed E-state index contributed by atoms with van der Waals surface area (Å²) in [6.07, 6.45) is 0. The molecule has 0 aliphatic heterocycles. The monoisotopic (exact) mass is 257 g/mol. The SMILES string of the molecule is COC(=O)CN(C)c1cc(Cl)cc(C)c1OC. The molecule has 1 aromatic rings. The molecule has 0 bridgehead atoms. The Morgan fingerprint density at radius 2 is 2.06 bits per heavy atom. The smallest absolute Gasteiger partial charge is 0.325 e. The molecule has 0 atom stereocenters. The standard InChI is InChI=1S/C12H16ClNO3/c1-8-5-9(13)6-10(12(8)17-4)14(2)7-11(15)16-3/h5-6H,7H2,1-4H3. The molecule has 17 heavy (non-hydrogen) atoms. The summed E-state index contributed by atoms with van der Waals surface area (Å²) < 4.78 is 9.94. The highest BCUT2D eigenvalue weighted by Crippen LogP contribution is 2.34. The van der Waals surface area contributed by atoms with Crippen LogP contribution >= 0.6 is 11.6 Å². The van der Waals surface area contributed by atoms with E-state index in [0.29, 0.717) is 10.8 Å². The highest BCUT2D eigenvalue weighted by molar-refractivity contribution is 6.31. The first-order valence-corrected chi connectivity index (χ1v) is 5.49. The molecule has 0 aromatic heterocycles. The van der Waals surface area contributed by atoms with Gasteiger partial charge < -0.3 is 14.4 Å². The number of carbonyl (C=O) groups is 1. The number of halogens is 1. The third kappa shape index (κ3) is 3.27. The summed E-state index contributed by atoms with van der Waals surface area (Å²) in [7, 11) is 4.73. The molecule has 0 amide bonds. The van der Waals surface area contributed by atoms with E-state index in [0.717, 1.165) is 11.3 Å². The fourth-order valence-electron chi connectivity index (χ4n) is 1.60. The van der Waals surface area contributed by atoms with Gasteiger partial charge in [0.1, 0.15) is 12.3 Å². The van der Waals surface area contributed by atoms with Crippen molar-refractivity contribution in [3.05, 3.63) is 22.7 Å². The first-order chi connectivity index (χ1) is 7.99. The number of hydrogen-bond donors (Lipinski definition) is 0. The Hall–Kier alpha value is -1.42. The second kappa shape index (κ2) is 5.77. The third-order valence-corrected chi connectivity index (χ3v) is 2.65. The van der Waals surface area contributed by atoms with Crippen molar-refractivity contribution in [3.63, 3.8) is 0 Å². The van der Waals surface area contributed by atoms with Crippen molar-refractivity contribution in [3.8, 4) is 5.75 Å². The first-order valence-electron chi connectivity index (χ1n) is 5.11. The van der Waals surface area contributed by atoms with Crippen LogP contribution in [-0.2, 0) is 9.53 Å². The predicted molar refractivity (Wildman–Crippen MR) is 68.0 cm³/mol. The van der Waals surface area contributed by atoms with Crippen LogP contribution in [0.15, 0.2) is 12.1 Å². The lowest BCUT2D eigenvalue weighted by molar-refractivity contribution is -0.138. The lowest BCUT2D eigenvalue weighted by Crippen LogP contribution is -2.26. The summed E-state index contributed by atoms with van der Waals surface area (Å²) in [5, 5.41) is 0.606. The van der Waals surface area contributed by atoms with E-state index < -0.39 is 0 Å². The van der Waals surface area contributed by atoms with E-state index in [1.165, 1.54) is 7.11 Å². The van der Waals surface area contributed by atoms with E-state index in [1.807, 2.05) is 13.0 Å². The summed E-state index contributed by atoms with van der Waals surface area (Å²) in [5.74, 6) is 0.396. The van der Waals surface area contributed by atoms with Gasteiger partial charge in [-0.2, -0.15) is 0 Å². The van der Waals surface area contributed by atoms with Gasteiger partial charge in [0.2, 0.25) is 0 Å². The topological polar surface area (TPSA) is 38.8 Å². The number of esters is 1. The van der Waals surface area contributed by atoms with Gasteiger partial charge in [-0.1, -0.05) is 11.6 Å². The van der Waals surface area contributed by atoms with Crippen LogP contribution in [0.2, 0.25) is 5.02 Å². The predicted octanol–water partition coefficient (Wildman–Crippen LogP) is 2.27. The van der Waals surface area contributed by atoms with Crippen LogP contribution in [0, 0.1) is 6.92 Å². The molecule has 0 fully saturated rings. The molecular formula is C12H16ClNO3. The van der Waals surface area contributed by atoms with Crippen molar-refractivity contribution in [2.75, 3.05) is 32.7 Å². The van der Waals surface area contributed by atoms with Crippen molar-refractivity contribution >= 4 is 23.3 Å². The average Bonchev–Trinajstić information content (AvgIpc) is 2.27. The van der Waals surface area contributed by atoms with Gasteiger partial charge >= 0.3 is 5.97 Å². The lowest BCUT2D eigenvalue weighted by atomic mass is 10.2. The number of benzene rings is 1. The molecule has 0 saturated carbocycles. The zero-order valence-electron chi connectivity index (χ0n) is 10.4. The minimum Gasteiger partial charge on any atom is -0.494 e. The van der Waals surface area contributed by atoms with E-state index in [9.17, 15) is 4.79 Å². The number of hydrogen-bond acceptors (Lipinski definition) is 4. The van der Waals surface area contributed by atoms with Crippen molar-refractivity contribution < 1.29 is 14.3 Å². The van der Waals surface area contributed by atoms with Crippen molar-refractivity contribution in [2.24, 2.45) is 0 Å². The Morgan fingerprint density at radius 3 is 2.59 bits per heavy atom. The van der Waals surface area contributed by atoms with Crippen LogP contribution in [0.4, 0.5) is 5.69 Å². The molecule has 1 rings (SSSR count). The molecule has 0 aliphatic carbocycles. The Labute approximate surface area is 106 Å². The van der Waals surface area contributed by atoms with E-state index >= 15 is 0 Å². The molecule has 0 unspecified atom stereocenters. The normalized spacial score (nSPS) is 9.94. The summed E-state index contributed by atoms with van der Waals surface area (Å²) in [6, 6.07) is 3.58. The zero-order valence-corrected chi connectivity index (χ0v) is 11.2. The van der Waals surface area contributed by atoms with E-state index in [-0.39, 0.29) is 12.5 Å². The Morgan fingerprint density at radius 1 is 1.41 bits per heavy atom. The number of methoxy groups -OCH3 is 2. The molecule has 0 heterocycles. The van der Waals surface area contributed by atoms with Crippen LogP contribution < -0.4 is 9.64 Å². The fraction of sp³-hybridized carbons (Fsp3) is 0.417. The molecular weight excluding hydrogens is 242 g/mol. The molecule has 0 spiro atoms. The first kappa shape index (κ1) is 13.6. The van der Waals surface area contributed by atoms with Gasteiger partial charge in [-0.05, 0) is 24.6 Å². The van der Waals surface area contributed by atoms with E-state index in [1.54, 1.807) is 25.1 Å². The van der Waals surface area contributed by atoms with Gasteiger partial charge in [-0.25, -0.2) is 0 Å². The van der Waals surface area contributed by atoms with Crippen molar-refractivity contribution in [2.45, 2.75) is 6.92 Å². The van der Waals surface area contributed by atoms with Gasteiger partial charge in [-0.3, -0.25) is 4.79 Å². The molecule has 94 valence electrons. The molecule has 5 heteroatoms. The van der Waals surface area contributed by atoms with Gasteiger partial charge in [0, 0.05) is 12.1 Å². The Bertz CT molecular complexity index is 420. The largest absolute Gasteiger partial charge is 0.494 e. The van der Waals surface area contributed by atoms with E-state index in [4.69, 9.17) is 16.3 Å². The van der Waals surface area contributed by atoms with Gasteiger partial charge in [0.15, 0.2) is 0 Å². The van der Waals surface area contributed by atoms with Crippen LogP contribution in [0.25, 0.3) is 0 Å². The summed E-state index contributed by atoms with van der Waals surface area (Å²) in [5.41, 5.74) is 1.69. The van der Waals surface area contributed by atoms with Crippen LogP contribution in [0.3, 0.4) is 0 Å². The highest BCUT2D eigenvalue weighted by Gasteiger charge is 2.14. The number of anilines is 1. The Kier molecular flexibility index (Phi) is 4.63. The minimum atomic E-state index is -0.313. The van der Waals surface area contributed by atoms with Gasteiger partial charge in [0.25, 0.3) is 0 Å². The van der Waals surface area contributed by atoms with Gasteiger partial charge in [-0.15, -0.1) is 0 Å². The summed E-state index contributed by atoms with van der Waals surface area (Å²) >= 11 is 6.00. The number of likely N-dealkylation sites (N-methyl/N-ethyl adjacent to an activating group) is 1. The van der Waals surface area contributed by atoms with Crippen molar-refractivity contribution in [1.82, 2.24) is 0 Å². The number of nitrogens with zero attached hydrogens (tertiary/aromatic N) is 1. The summed E-state index contributed by atoms with van der Waals surface area (Å²) in [4.78, 5) is 13.0. The molecule has 4 nitrogen and oxygen atoms in total. The summed E-state index contributed by atoms with van der Waals surface area (Å²) in [6.45, 7) is 2.05. The molecule has 1 aromatic carbocycles. The zero-order chi connectivity index (χ0) is 13.0. The lowest BCUT2D eigenvalue weighted by Gasteiger charge is -2.22. The number of carbonyl (C=O) groups excluding carboxylic acids is 1. The second-order valence-electron chi connectivity index (χ2n) is 3.71. The van der Waals surface area contributed by atoms with Crippen LogP contribution in [0.1, 0.15) is 5.56 Å². The molecule has 0 saturated heterocycles. The minimum absolute atomic E-state index is 0.145. The third-order valence-electron chi connectivity index (χ3n) is 2.43. The maximum absolute atomic E-state index is 11.2. The highest BCUT2D eigenvalue weighted by atomic mass is 35.5. The maximum Gasteiger partial charge on any atom is 0.325 e. The number of ether oxygens (including phenoxy) is 2. The fourth-order valence-corrected chi connectivity index (χ4v) is 1.87. The van der Waals surface area contributed by atoms with E-state index in [2.05, 4.69) is 4.74 Å². The van der Waals surface area contributed by atoms with Gasteiger partial charge in [0.05, 0.1) is 19.9 Å². The second-order valence-corrected chi connectivity index (χ2v) is 4.14. The van der Waals surface area contributed by atoms with Crippen LogP contribution in [-0.4, -0.2) is 33.8 Å². The molecule has 0 aliphatic rings. The Balaban J connectivity index is 3.07. The van der Waals surface area contributed by atoms with Crippen LogP contribution in [0.5, 0.6) is 5.75 Å². The average molecular weight is 258 g/mol. The number of aryl methyl sites for hydroxylation is 1. The quantitative estimate of drug-likeness (QED) is 0.776. The maximum atomic E-state index is 11.2. The molecule has 0 N–H and O–H groups in total. The molecule has 0 radical (unpaired) electrons. The number of rotatable bonds is 4. The van der Waals surface area contributed by atoms with Crippen molar-refractivity contribution in [1.29, 1.82) is 0 Å².